The van der Waals surface area contributed by atoms with Crippen LogP contribution < -0.4 is 0 Å². The maximum absolute atomic E-state index is 12.2. The molecule has 7 nitrogen and oxygen atoms in total. The van der Waals surface area contributed by atoms with Gasteiger partial charge in [0.05, 0.1) is 0 Å². The molecule has 5 aliphatic rings. The molecule has 0 radical (unpaired) electrons. The van der Waals surface area contributed by atoms with Crippen LogP contribution in [0.5, 0.6) is 0 Å². The summed E-state index contributed by atoms with van der Waals surface area (Å²) in [6.07, 6.45) is 7.27. The molecule has 7 heteroatoms. The minimum Gasteiger partial charge on any atom is -0.462 e. The summed E-state index contributed by atoms with van der Waals surface area (Å²) in [5, 5.41) is 12.2. The van der Waals surface area contributed by atoms with Gasteiger partial charge in [-0.3, -0.25) is 9.59 Å². The molecule has 9 atom stereocenters. The maximum Gasteiger partial charge on any atom is 0.331 e. The van der Waals surface area contributed by atoms with Gasteiger partial charge in [-0.1, -0.05) is 13.8 Å². The van der Waals surface area contributed by atoms with Crippen LogP contribution in [0.4, 0.5) is 0 Å². The number of carbonyl (C=O) groups excluding carboxylic acids is 3. The van der Waals surface area contributed by atoms with E-state index in [0.29, 0.717) is 49.5 Å². The third kappa shape index (κ3) is 3.44. The van der Waals surface area contributed by atoms with E-state index >= 15 is 0 Å². The van der Waals surface area contributed by atoms with Gasteiger partial charge in [0, 0.05) is 31.8 Å². The Bertz CT molecular complexity index is 926. The second-order valence-corrected chi connectivity index (χ2v) is 12.0. The second-order valence-electron chi connectivity index (χ2n) is 12.0. The number of ether oxygens (including phenoxy) is 3. The first-order chi connectivity index (χ1) is 16.0. The highest BCUT2D eigenvalue weighted by atomic mass is 16.6. The molecule has 4 aliphatic carbocycles. The summed E-state index contributed by atoms with van der Waals surface area (Å²) < 4.78 is 16.6. The standard InChI is InChI=1S/C27H38O7/c1-15(28)33-18-7-10-26(4)22-8-9-25(3)20(17-11-24(30)32-14-17)5-6-21(25)19(22)12-23(34-16(2)29)27(26,31)13-18/h11,18-23,31H,5-10,12-14H2,1-4H3/t18-,19-,20+,21-,22-,23+,25+,26+,27-/m0/s1. The lowest BCUT2D eigenvalue weighted by molar-refractivity contribution is -0.270. The number of hydrogen-bond donors (Lipinski definition) is 1. The van der Waals surface area contributed by atoms with Crippen LogP contribution in [0.3, 0.4) is 0 Å². The SMILES string of the molecule is CC(=O)O[C@H]1CC[C@]2(C)[C@H]3CC[C@]4(C)[C@@H](C5=CC(=O)OC5)CC[C@H]4[C@@H]3C[C@@H](OC(C)=O)[C@@]2(O)C1. The van der Waals surface area contributed by atoms with Crippen LogP contribution in [0.15, 0.2) is 11.6 Å². The fourth-order valence-corrected chi connectivity index (χ4v) is 9.10. The summed E-state index contributed by atoms with van der Waals surface area (Å²) in [5.74, 6) is 0.471. The number of hydrogen-bond acceptors (Lipinski definition) is 7. The predicted molar refractivity (Wildman–Crippen MR) is 122 cm³/mol. The van der Waals surface area contributed by atoms with Crippen molar-refractivity contribution in [2.45, 2.75) is 96.9 Å². The molecule has 0 amide bonds. The van der Waals surface area contributed by atoms with Gasteiger partial charge in [0.2, 0.25) is 0 Å². The molecule has 0 saturated heterocycles. The summed E-state index contributed by atoms with van der Waals surface area (Å²) in [5.41, 5.74) is -0.441. The van der Waals surface area contributed by atoms with E-state index in [0.717, 1.165) is 37.7 Å². The van der Waals surface area contributed by atoms with Crippen molar-refractivity contribution in [2.75, 3.05) is 6.61 Å². The van der Waals surface area contributed by atoms with Crippen molar-refractivity contribution in [3.05, 3.63) is 11.6 Å². The van der Waals surface area contributed by atoms with Gasteiger partial charge in [-0.15, -0.1) is 0 Å². The molecule has 1 heterocycles. The molecule has 1 N–H and O–H groups in total. The van der Waals surface area contributed by atoms with Crippen LogP contribution in [-0.4, -0.2) is 47.4 Å². The zero-order valence-corrected chi connectivity index (χ0v) is 20.8. The number of fused-ring (bicyclic) bond motifs is 5. The third-order valence-electron chi connectivity index (χ3n) is 10.6. The molecule has 0 unspecified atom stereocenters. The number of rotatable bonds is 3. The van der Waals surface area contributed by atoms with Crippen molar-refractivity contribution in [3.8, 4) is 0 Å². The largest absolute Gasteiger partial charge is 0.462 e. The molecule has 5 rings (SSSR count). The fourth-order valence-electron chi connectivity index (χ4n) is 9.10. The van der Waals surface area contributed by atoms with Gasteiger partial charge in [0.15, 0.2) is 0 Å². The molecule has 0 bridgehead atoms. The van der Waals surface area contributed by atoms with E-state index in [-0.39, 0.29) is 29.4 Å². The highest BCUT2D eigenvalue weighted by Crippen LogP contribution is 2.69. The van der Waals surface area contributed by atoms with E-state index in [9.17, 15) is 19.5 Å². The fraction of sp³-hybridized carbons (Fsp3) is 0.815. The Kier molecular flexibility index (Phi) is 5.66. The average molecular weight is 475 g/mol. The maximum atomic E-state index is 12.2. The van der Waals surface area contributed by atoms with Gasteiger partial charge in [-0.05, 0) is 79.6 Å². The van der Waals surface area contributed by atoms with E-state index in [1.165, 1.54) is 13.8 Å². The predicted octanol–water partition coefficient (Wildman–Crippen LogP) is 3.72. The van der Waals surface area contributed by atoms with E-state index in [1.807, 2.05) is 0 Å². The first kappa shape index (κ1) is 23.8. The van der Waals surface area contributed by atoms with Crippen molar-refractivity contribution in [3.63, 3.8) is 0 Å². The van der Waals surface area contributed by atoms with Crippen molar-refractivity contribution in [1.82, 2.24) is 0 Å². The Morgan fingerprint density at radius 2 is 1.76 bits per heavy atom. The quantitative estimate of drug-likeness (QED) is 0.492. The summed E-state index contributed by atoms with van der Waals surface area (Å²) in [6, 6.07) is 0. The zero-order chi connectivity index (χ0) is 24.5. The van der Waals surface area contributed by atoms with E-state index < -0.39 is 17.1 Å². The first-order valence-corrected chi connectivity index (χ1v) is 12.9. The smallest absolute Gasteiger partial charge is 0.331 e. The minimum atomic E-state index is -1.22. The van der Waals surface area contributed by atoms with Gasteiger partial charge in [-0.25, -0.2) is 4.79 Å². The summed E-state index contributed by atoms with van der Waals surface area (Å²) in [7, 11) is 0. The number of esters is 3. The van der Waals surface area contributed by atoms with E-state index in [1.54, 1.807) is 6.08 Å². The molecular formula is C27H38O7. The van der Waals surface area contributed by atoms with Crippen molar-refractivity contribution < 1.29 is 33.7 Å². The van der Waals surface area contributed by atoms with Gasteiger partial charge >= 0.3 is 17.9 Å². The van der Waals surface area contributed by atoms with Crippen LogP contribution in [0.1, 0.15) is 79.1 Å². The highest BCUT2D eigenvalue weighted by molar-refractivity contribution is 5.85. The molecule has 0 aromatic heterocycles. The lowest BCUT2D eigenvalue weighted by Gasteiger charge is -2.65. The van der Waals surface area contributed by atoms with Crippen LogP contribution in [0.2, 0.25) is 0 Å². The monoisotopic (exact) mass is 474 g/mol. The number of carbonyl (C=O) groups is 3. The minimum absolute atomic E-state index is 0.0719. The third-order valence-corrected chi connectivity index (χ3v) is 10.6. The molecule has 4 fully saturated rings. The Morgan fingerprint density at radius 1 is 1.03 bits per heavy atom. The molecule has 188 valence electrons. The molecule has 34 heavy (non-hydrogen) atoms. The van der Waals surface area contributed by atoms with Crippen LogP contribution in [0, 0.1) is 34.5 Å². The van der Waals surface area contributed by atoms with Gasteiger partial charge in [0.25, 0.3) is 0 Å². The van der Waals surface area contributed by atoms with E-state index in [4.69, 9.17) is 14.2 Å². The summed E-state index contributed by atoms with van der Waals surface area (Å²) >= 11 is 0. The molecule has 0 spiro atoms. The number of cyclic esters (lactones) is 1. The first-order valence-electron chi connectivity index (χ1n) is 12.9. The Labute approximate surface area is 201 Å². The Morgan fingerprint density at radius 3 is 2.41 bits per heavy atom. The van der Waals surface area contributed by atoms with Gasteiger partial charge in [-0.2, -0.15) is 0 Å². The Balaban J connectivity index is 1.47. The molecule has 0 aromatic carbocycles. The topological polar surface area (TPSA) is 99.1 Å². The Hall–Kier alpha value is -1.89. The van der Waals surface area contributed by atoms with Crippen LogP contribution in [0.25, 0.3) is 0 Å². The second kappa shape index (κ2) is 8.07. The number of aliphatic hydroxyl groups is 1. The summed E-state index contributed by atoms with van der Waals surface area (Å²) in [6.45, 7) is 7.75. The molecular weight excluding hydrogens is 436 g/mol. The van der Waals surface area contributed by atoms with Crippen molar-refractivity contribution in [2.24, 2.45) is 34.5 Å². The zero-order valence-electron chi connectivity index (χ0n) is 20.8. The molecule has 0 aromatic rings. The van der Waals surface area contributed by atoms with Crippen molar-refractivity contribution >= 4 is 17.9 Å². The van der Waals surface area contributed by atoms with Crippen LogP contribution >= 0.6 is 0 Å². The highest BCUT2D eigenvalue weighted by Gasteiger charge is 2.69. The lowest BCUT2D eigenvalue weighted by atomic mass is 9.42. The normalized spacial score (nSPS) is 47.6. The van der Waals surface area contributed by atoms with Crippen molar-refractivity contribution in [1.29, 1.82) is 0 Å². The van der Waals surface area contributed by atoms with Crippen LogP contribution in [-0.2, 0) is 28.6 Å². The van der Waals surface area contributed by atoms with Gasteiger partial charge < -0.3 is 19.3 Å². The van der Waals surface area contributed by atoms with Gasteiger partial charge in [0.1, 0.15) is 24.4 Å². The van der Waals surface area contributed by atoms with E-state index in [2.05, 4.69) is 13.8 Å². The average Bonchev–Trinajstić information content (AvgIpc) is 3.31. The molecule has 1 aliphatic heterocycles. The summed E-state index contributed by atoms with van der Waals surface area (Å²) in [4.78, 5) is 35.5. The molecule has 4 saturated carbocycles. The lowest BCUT2D eigenvalue weighted by Crippen LogP contribution is -2.69.